The number of rotatable bonds is 4. The van der Waals surface area contributed by atoms with Gasteiger partial charge in [0.25, 0.3) is 5.91 Å². The van der Waals surface area contributed by atoms with Gasteiger partial charge in [0.2, 0.25) is 11.8 Å². The summed E-state index contributed by atoms with van der Waals surface area (Å²) in [5.41, 5.74) is 7.73. The summed E-state index contributed by atoms with van der Waals surface area (Å²) in [6.07, 6.45) is 5.04. The van der Waals surface area contributed by atoms with E-state index in [-0.39, 0.29) is 17.9 Å². The Balaban J connectivity index is 1.56. The molecular formula is C21H22ClN5O2. The van der Waals surface area contributed by atoms with E-state index in [0.29, 0.717) is 35.3 Å². The topological polar surface area (TPSA) is 98.1 Å². The fraction of sp³-hybridized carbons (Fsp3) is 0.333. The van der Waals surface area contributed by atoms with Crippen LogP contribution >= 0.6 is 11.6 Å². The van der Waals surface area contributed by atoms with Gasteiger partial charge in [-0.2, -0.15) is 0 Å². The van der Waals surface area contributed by atoms with Gasteiger partial charge in [-0.05, 0) is 49.9 Å². The summed E-state index contributed by atoms with van der Waals surface area (Å²) in [6, 6.07) is 9.08. The Morgan fingerprint density at radius 3 is 2.97 bits per heavy atom. The van der Waals surface area contributed by atoms with Gasteiger partial charge in [0, 0.05) is 23.7 Å². The number of hydrogen-bond acceptors (Lipinski definition) is 6. The second-order valence-corrected chi connectivity index (χ2v) is 7.67. The van der Waals surface area contributed by atoms with Crippen molar-refractivity contribution >= 4 is 23.5 Å². The van der Waals surface area contributed by atoms with Gasteiger partial charge in [0.1, 0.15) is 17.5 Å². The van der Waals surface area contributed by atoms with Crippen LogP contribution in [0.4, 0.5) is 5.95 Å². The first-order valence-corrected chi connectivity index (χ1v) is 9.98. The van der Waals surface area contributed by atoms with Gasteiger partial charge in [-0.1, -0.05) is 23.7 Å². The minimum atomic E-state index is -0.221. The third-order valence-electron chi connectivity index (χ3n) is 4.98. The van der Waals surface area contributed by atoms with Crippen LogP contribution in [-0.2, 0) is 6.42 Å². The molecule has 4 rings (SSSR count). The minimum absolute atomic E-state index is 0.0989. The second-order valence-electron chi connectivity index (χ2n) is 7.23. The van der Waals surface area contributed by atoms with Crippen LogP contribution in [0.3, 0.4) is 0 Å². The molecule has 150 valence electrons. The van der Waals surface area contributed by atoms with E-state index in [9.17, 15) is 4.79 Å². The molecule has 1 aliphatic rings. The molecule has 1 aromatic carbocycles. The monoisotopic (exact) mass is 411 g/mol. The first-order chi connectivity index (χ1) is 14.0. The van der Waals surface area contributed by atoms with Crippen molar-refractivity contribution in [1.82, 2.24) is 19.9 Å². The number of hydrogen-bond donors (Lipinski definition) is 1. The van der Waals surface area contributed by atoms with Crippen LogP contribution in [0.1, 0.15) is 58.7 Å². The molecule has 0 unspecified atom stereocenters. The molecule has 1 amide bonds. The average molecular weight is 412 g/mol. The van der Waals surface area contributed by atoms with Crippen molar-refractivity contribution in [2.75, 3.05) is 12.3 Å². The molecule has 7 nitrogen and oxygen atoms in total. The first kappa shape index (κ1) is 19.4. The number of nitrogens with zero attached hydrogens (tertiary/aromatic N) is 4. The van der Waals surface area contributed by atoms with Gasteiger partial charge in [-0.3, -0.25) is 4.79 Å². The Morgan fingerprint density at radius 1 is 1.31 bits per heavy atom. The standard InChI is InChI=1S/C21H22ClN5O2/c1-13-9-17(26-21(23)25-13)20(28)27-8-3-2-7-18(27)19-24-12-16(29-19)11-14-5-4-6-15(22)10-14/h4-6,9-10,12,18H,2-3,7-8,11H2,1H3,(H2,23,25,26)/t18-/m1/s1. The third-order valence-corrected chi connectivity index (χ3v) is 5.21. The van der Waals surface area contributed by atoms with Crippen LogP contribution in [0.25, 0.3) is 0 Å². The molecule has 8 heteroatoms. The van der Waals surface area contributed by atoms with E-state index in [1.807, 2.05) is 24.3 Å². The predicted octanol–water partition coefficient (Wildman–Crippen LogP) is 3.97. The van der Waals surface area contributed by atoms with Crippen molar-refractivity contribution in [1.29, 1.82) is 0 Å². The van der Waals surface area contributed by atoms with Crippen LogP contribution in [0.2, 0.25) is 5.02 Å². The van der Waals surface area contributed by atoms with Crippen LogP contribution in [0, 0.1) is 6.92 Å². The molecule has 0 bridgehead atoms. The van der Waals surface area contributed by atoms with E-state index < -0.39 is 0 Å². The van der Waals surface area contributed by atoms with E-state index in [1.165, 1.54) is 0 Å². The Bertz CT molecular complexity index is 1020. The molecule has 3 aromatic rings. The average Bonchev–Trinajstić information content (AvgIpc) is 3.15. The third kappa shape index (κ3) is 4.40. The van der Waals surface area contributed by atoms with Gasteiger partial charge in [0.15, 0.2) is 0 Å². The Kier molecular flexibility index (Phi) is 5.49. The molecule has 1 atom stereocenters. The molecule has 2 N–H and O–H groups in total. The van der Waals surface area contributed by atoms with Crippen LogP contribution in [0.5, 0.6) is 0 Å². The predicted molar refractivity (Wildman–Crippen MR) is 110 cm³/mol. The Labute approximate surface area is 173 Å². The number of benzene rings is 1. The van der Waals surface area contributed by atoms with Crippen LogP contribution in [0.15, 0.2) is 40.9 Å². The number of aryl methyl sites for hydroxylation is 1. The summed E-state index contributed by atoms with van der Waals surface area (Å²) in [5, 5.41) is 0.686. The van der Waals surface area contributed by atoms with Gasteiger partial charge in [0.05, 0.1) is 6.20 Å². The fourth-order valence-electron chi connectivity index (χ4n) is 3.69. The summed E-state index contributed by atoms with van der Waals surface area (Å²) in [6.45, 7) is 2.41. The smallest absolute Gasteiger partial charge is 0.273 e. The van der Waals surface area contributed by atoms with E-state index >= 15 is 0 Å². The molecular weight excluding hydrogens is 390 g/mol. The van der Waals surface area contributed by atoms with Crippen molar-refractivity contribution in [3.05, 3.63) is 70.2 Å². The Hall–Kier alpha value is -2.93. The van der Waals surface area contributed by atoms with Crippen molar-refractivity contribution in [3.63, 3.8) is 0 Å². The SMILES string of the molecule is Cc1cc(C(=O)N2CCCC[C@@H]2c2ncc(Cc3cccc(Cl)c3)o2)nc(N)n1. The second kappa shape index (κ2) is 8.21. The number of amides is 1. The van der Waals surface area contributed by atoms with Gasteiger partial charge in [-0.25, -0.2) is 15.0 Å². The molecule has 1 saturated heterocycles. The lowest BCUT2D eigenvalue weighted by Gasteiger charge is -2.33. The fourth-order valence-corrected chi connectivity index (χ4v) is 3.90. The summed E-state index contributed by atoms with van der Waals surface area (Å²) >= 11 is 6.06. The van der Waals surface area contributed by atoms with Crippen LogP contribution in [-0.4, -0.2) is 32.3 Å². The number of piperidine rings is 1. The van der Waals surface area contributed by atoms with Gasteiger partial charge >= 0.3 is 0 Å². The molecule has 2 aromatic heterocycles. The Morgan fingerprint density at radius 2 is 2.17 bits per heavy atom. The molecule has 1 aliphatic heterocycles. The highest BCUT2D eigenvalue weighted by molar-refractivity contribution is 6.30. The molecule has 0 aliphatic carbocycles. The molecule has 0 saturated carbocycles. The molecule has 3 heterocycles. The number of nitrogen functional groups attached to an aromatic ring is 1. The van der Waals surface area contributed by atoms with Gasteiger partial charge < -0.3 is 15.1 Å². The maximum Gasteiger partial charge on any atom is 0.273 e. The largest absolute Gasteiger partial charge is 0.443 e. The molecule has 1 fully saturated rings. The summed E-state index contributed by atoms with van der Waals surface area (Å²) in [4.78, 5) is 27.5. The van der Waals surface area contributed by atoms with Crippen molar-refractivity contribution < 1.29 is 9.21 Å². The molecule has 0 radical (unpaired) electrons. The first-order valence-electron chi connectivity index (χ1n) is 9.61. The zero-order valence-corrected chi connectivity index (χ0v) is 16.9. The number of carbonyl (C=O) groups excluding carboxylic acids is 1. The normalized spacial score (nSPS) is 16.8. The number of likely N-dealkylation sites (tertiary alicyclic amines) is 1. The zero-order valence-electron chi connectivity index (χ0n) is 16.1. The lowest BCUT2D eigenvalue weighted by Crippen LogP contribution is -2.39. The number of nitrogens with two attached hydrogens (primary N) is 1. The summed E-state index contributed by atoms with van der Waals surface area (Å²) in [7, 11) is 0. The maximum absolute atomic E-state index is 13.1. The van der Waals surface area contributed by atoms with Crippen LogP contribution < -0.4 is 5.73 Å². The lowest BCUT2D eigenvalue weighted by atomic mass is 10.0. The number of halogens is 1. The van der Waals surface area contributed by atoms with E-state index in [4.69, 9.17) is 21.8 Å². The highest BCUT2D eigenvalue weighted by Crippen LogP contribution is 2.32. The summed E-state index contributed by atoms with van der Waals surface area (Å²) < 4.78 is 6.03. The quantitative estimate of drug-likeness (QED) is 0.697. The number of aromatic nitrogens is 3. The highest BCUT2D eigenvalue weighted by Gasteiger charge is 2.32. The van der Waals surface area contributed by atoms with Crippen molar-refractivity contribution in [2.45, 2.75) is 38.6 Å². The van der Waals surface area contributed by atoms with E-state index in [0.717, 1.165) is 30.6 Å². The highest BCUT2D eigenvalue weighted by atomic mass is 35.5. The minimum Gasteiger partial charge on any atom is -0.443 e. The number of anilines is 1. The lowest BCUT2D eigenvalue weighted by molar-refractivity contribution is 0.0564. The van der Waals surface area contributed by atoms with Gasteiger partial charge in [-0.15, -0.1) is 0 Å². The van der Waals surface area contributed by atoms with Crippen molar-refractivity contribution in [2.24, 2.45) is 0 Å². The van der Waals surface area contributed by atoms with E-state index in [2.05, 4.69) is 15.0 Å². The number of oxazole rings is 1. The molecule has 29 heavy (non-hydrogen) atoms. The molecule has 0 spiro atoms. The zero-order chi connectivity index (χ0) is 20.4. The number of carbonyl (C=O) groups is 1. The maximum atomic E-state index is 13.1. The van der Waals surface area contributed by atoms with Crippen molar-refractivity contribution in [3.8, 4) is 0 Å². The van der Waals surface area contributed by atoms with E-state index in [1.54, 1.807) is 24.1 Å². The summed E-state index contributed by atoms with van der Waals surface area (Å²) in [5.74, 6) is 1.21.